The highest BCUT2D eigenvalue weighted by Crippen LogP contribution is 2.38. The Labute approximate surface area is 346 Å². The van der Waals surface area contributed by atoms with E-state index in [1.165, 1.54) is 141 Å². The molecule has 0 aliphatic carbocycles. The second-order valence-corrected chi connectivity index (χ2v) is 18.5. The van der Waals surface area contributed by atoms with Crippen LogP contribution in [0.1, 0.15) is 219 Å². The minimum Gasteiger partial charge on any atom is -0.756 e. The number of rotatable bonds is 43. The van der Waals surface area contributed by atoms with Crippen molar-refractivity contribution in [2.75, 3.05) is 47.5 Å². The van der Waals surface area contributed by atoms with Crippen molar-refractivity contribution >= 4 is 19.8 Å². The van der Waals surface area contributed by atoms with Gasteiger partial charge in [0.1, 0.15) is 19.8 Å². The fraction of sp³-hybridized carbons (Fsp3) is 0.913. The van der Waals surface area contributed by atoms with E-state index in [0.29, 0.717) is 17.4 Å². The smallest absolute Gasteiger partial charge is 0.306 e. The highest BCUT2D eigenvalue weighted by Gasteiger charge is 2.21. The maximum atomic E-state index is 12.7. The van der Waals surface area contributed by atoms with Crippen LogP contribution in [0.15, 0.2) is 12.2 Å². The number of unbranched alkanes of at least 4 members (excludes halogenated alkanes) is 27. The molecule has 0 saturated carbocycles. The Bertz CT molecular complexity index is 969. The third-order valence-electron chi connectivity index (χ3n) is 10.3. The minimum atomic E-state index is -4.62. The summed E-state index contributed by atoms with van der Waals surface area (Å²) in [5, 5.41) is 0. The first-order valence-corrected chi connectivity index (χ1v) is 24.9. The van der Waals surface area contributed by atoms with Gasteiger partial charge in [-0.15, -0.1) is 0 Å². The van der Waals surface area contributed by atoms with Gasteiger partial charge in [-0.2, -0.15) is 0 Å². The van der Waals surface area contributed by atoms with Crippen molar-refractivity contribution in [1.82, 2.24) is 0 Å². The van der Waals surface area contributed by atoms with Crippen molar-refractivity contribution < 1.29 is 42.1 Å². The molecule has 0 radical (unpaired) electrons. The molecule has 0 aliphatic rings. The highest BCUT2D eigenvalue weighted by atomic mass is 31.2. The second-order valence-electron chi connectivity index (χ2n) is 17.1. The number of phosphoric ester groups is 1. The van der Waals surface area contributed by atoms with Crippen LogP contribution in [0.4, 0.5) is 0 Å². The number of carbonyl (C=O) groups excluding carboxylic acids is 2. The maximum absolute atomic E-state index is 12.7. The van der Waals surface area contributed by atoms with Crippen molar-refractivity contribution in [2.24, 2.45) is 0 Å². The predicted molar refractivity (Wildman–Crippen MR) is 231 cm³/mol. The molecule has 1 unspecified atom stereocenters. The summed E-state index contributed by atoms with van der Waals surface area (Å²) in [4.78, 5) is 37.6. The standard InChI is InChI=1S/C46H90NO8P/c1-6-8-10-12-14-16-18-20-22-23-25-27-29-31-33-35-37-39-46(49)55-44(43-54-56(50,51)53-41-40-47(3,4)5)42-52-45(48)38-36-34-32-30-28-26-24-21-19-17-15-13-11-9-7-2/h20,22,44H,6-19,21,23-43H2,1-5H3/b22-20-/t44-/m1/s1. The number of esters is 2. The molecule has 0 fully saturated rings. The number of phosphoric acid groups is 1. The Hall–Kier alpha value is -1.25. The molecule has 0 aliphatic heterocycles. The Morgan fingerprint density at radius 2 is 0.911 bits per heavy atom. The molecule has 0 spiro atoms. The third-order valence-corrected chi connectivity index (χ3v) is 11.2. The van der Waals surface area contributed by atoms with Gasteiger partial charge in [-0.3, -0.25) is 14.2 Å². The molecule has 0 amide bonds. The Morgan fingerprint density at radius 3 is 1.32 bits per heavy atom. The predicted octanol–water partition coefficient (Wildman–Crippen LogP) is 12.7. The first-order valence-electron chi connectivity index (χ1n) is 23.4. The van der Waals surface area contributed by atoms with Gasteiger partial charge in [0.2, 0.25) is 0 Å². The van der Waals surface area contributed by atoms with Gasteiger partial charge in [0, 0.05) is 12.8 Å². The Kier molecular flexibility index (Phi) is 38.3. The van der Waals surface area contributed by atoms with Crippen LogP contribution < -0.4 is 4.89 Å². The van der Waals surface area contributed by atoms with Gasteiger partial charge in [-0.05, 0) is 38.5 Å². The summed E-state index contributed by atoms with van der Waals surface area (Å²) in [7, 11) is 1.17. The zero-order valence-corrected chi connectivity index (χ0v) is 38.2. The van der Waals surface area contributed by atoms with Gasteiger partial charge < -0.3 is 27.9 Å². The molecule has 0 rings (SSSR count). The molecule has 2 atom stereocenters. The number of carbonyl (C=O) groups is 2. The van der Waals surface area contributed by atoms with Gasteiger partial charge in [-0.25, -0.2) is 0 Å². The molecule has 0 heterocycles. The molecule has 0 aromatic rings. The van der Waals surface area contributed by atoms with E-state index in [4.69, 9.17) is 18.5 Å². The van der Waals surface area contributed by atoms with E-state index in [1.54, 1.807) is 0 Å². The number of likely N-dealkylation sites (N-methyl/N-ethyl adjacent to an activating group) is 1. The summed E-state index contributed by atoms with van der Waals surface area (Å²) >= 11 is 0. The van der Waals surface area contributed by atoms with Crippen LogP contribution >= 0.6 is 7.82 Å². The van der Waals surface area contributed by atoms with E-state index in [0.717, 1.165) is 44.9 Å². The normalized spacial score (nSPS) is 13.6. The summed E-state index contributed by atoms with van der Waals surface area (Å²) in [5.41, 5.74) is 0. The van der Waals surface area contributed by atoms with E-state index in [1.807, 2.05) is 21.1 Å². The number of nitrogens with zero attached hydrogens (tertiary/aromatic N) is 1. The topological polar surface area (TPSA) is 111 Å². The van der Waals surface area contributed by atoms with E-state index >= 15 is 0 Å². The summed E-state index contributed by atoms with van der Waals surface area (Å²) in [6.07, 6.45) is 40.9. The van der Waals surface area contributed by atoms with Gasteiger partial charge in [-0.1, -0.05) is 180 Å². The van der Waals surface area contributed by atoms with Crippen LogP contribution in [0, 0.1) is 0 Å². The summed E-state index contributed by atoms with van der Waals surface area (Å²) in [5.74, 6) is -0.828. The average molecular weight is 816 g/mol. The van der Waals surface area contributed by atoms with E-state index in [2.05, 4.69) is 26.0 Å². The molecule has 0 saturated heterocycles. The van der Waals surface area contributed by atoms with Crippen LogP contribution in [0.3, 0.4) is 0 Å². The fourth-order valence-corrected chi connectivity index (χ4v) is 7.32. The van der Waals surface area contributed by atoms with E-state index in [-0.39, 0.29) is 32.0 Å². The first kappa shape index (κ1) is 54.8. The van der Waals surface area contributed by atoms with Crippen molar-refractivity contribution in [3.8, 4) is 0 Å². The lowest BCUT2D eigenvalue weighted by Gasteiger charge is -2.28. The van der Waals surface area contributed by atoms with E-state index < -0.39 is 26.5 Å². The number of hydrogen-bond donors (Lipinski definition) is 0. The molecule has 56 heavy (non-hydrogen) atoms. The molecule has 9 nitrogen and oxygen atoms in total. The van der Waals surface area contributed by atoms with Crippen molar-refractivity contribution in [1.29, 1.82) is 0 Å². The molecule has 332 valence electrons. The van der Waals surface area contributed by atoms with Gasteiger partial charge in [0.05, 0.1) is 27.7 Å². The molecule has 10 heteroatoms. The molecule has 0 N–H and O–H groups in total. The lowest BCUT2D eigenvalue weighted by atomic mass is 10.0. The molecular formula is C46H90NO8P. The zero-order valence-electron chi connectivity index (χ0n) is 37.3. The Balaban J connectivity index is 4.30. The molecule has 0 bridgehead atoms. The van der Waals surface area contributed by atoms with E-state index in [9.17, 15) is 19.0 Å². The van der Waals surface area contributed by atoms with Crippen LogP contribution in [0.5, 0.6) is 0 Å². The summed E-state index contributed by atoms with van der Waals surface area (Å²) in [6.45, 7) is 4.25. The largest absolute Gasteiger partial charge is 0.756 e. The lowest BCUT2D eigenvalue weighted by Crippen LogP contribution is -2.37. The van der Waals surface area contributed by atoms with Crippen molar-refractivity contribution in [2.45, 2.75) is 225 Å². The summed E-state index contributed by atoms with van der Waals surface area (Å²) < 4.78 is 34.0. The highest BCUT2D eigenvalue weighted by molar-refractivity contribution is 7.45. The number of hydrogen-bond acceptors (Lipinski definition) is 8. The van der Waals surface area contributed by atoms with Gasteiger partial charge >= 0.3 is 11.9 Å². The minimum absolute atomic E-state index is 0.0284. The maximum Gasteiger partial charge on any atom is 0.306 e. The van der Waals surface area contributed by atoms with Gasteiger partial charge in [0.25, 0.3) is 7.82 Å². The Morgan fingerprint density at radius 1 is 0.536 bits per heavy atom. The van der Waals surface area contributed by atoms with Crippen molar-refractivity contribution in [3.63, 3.8) is 0 Å². The molecule has 0 aromatic heterocycles. The van der Waals surface area contributed by atoms with Crippen LogP contribution in [-0.2, 0) is 32.7 Å². The van der Waals surface area contributed by atoms with Crippen LogP contribution in [0.2, 0.25) is 0 Å². The summed E-state index contributed by atoms with van der Waals surface area (Å²) in [6, 6.07) is 0. The second kappa shape index (κ2) is 39.2. The van der Waals surface area contributed by atoms with Crippen LogP contribution in [-0.4, -0.2) is 70.0 Å². The van der Waals surface area contributed by atoms with Crippen molar-refractivity contribution in [3.05, 3.63) is 12.2 Å². The monoisotopic (exact) mass is 816 g/mol. The van der Waals surface area contributed by atoms with Gasteiger partial charge in [0.15, 0.2) is 6.10 Å². The number of quaternary nitrogens is 1. The molecular weight excluding hydrogens is 725 g/mol. The number of ether oxygens (including phenoxy) is 2. The third kappa shape index (κ3) is 42.4. The zero-order chi connectivity index (χ0) is 41.4. The van der Waals surface area contributed by atoms with Crippen LogP contribution in [0.25, 0.3) is 0 Å². The SMILES string of the molecule is CCCCCCCC/C=C\CCCCCCCCCC(=O)O[C@H](COC(=O)CCCCCCCCCCCCCCCCC)COP(=O)([O-])OCC[N+](C)(C)C. The lowest BCUT2D eigenvalue weighted by molar-refractivity contribution is -0.870. The fourth-order valence-electron chi connectivity index (χ4n) is 6.59. The molecule has 0 aromatic carbocycles. The average Bonchev–Trinajstić information content (AvgIpc) is 3.15. The first-order chi connectivity index (χ1) is 27.0. The quantitative estimate of drug-likeness (QED) is 0.0197. The number of allylic oxidation sites excluding steroid dienone is 2.